The van der Waals surface area contributed by atoms with E-state index in [1.807, 2.05) is 31.2 Å². The molecule has 3 rings (SSSR count). The van der Waals surface area contributed by atoms with Crippen LogP contribution in [-0.4, -0.2) is 24.3 Å². The summed E-state index contributed by atoms with van der Waals surface area (Å²) in [6.45, 7) is 3.95. The Hall–Kier alpha value is -3.93. The smallest absolute Gasteiger partial charge is 0.338 e. The molecule has 0 saturated carbocycles. The molecule has 0 heterocycles. The third-order valence-electron chi connectivity index (χ3n) is 4.59. The topological polar surface area (TPSA) is 105 Å². The maximum absolute atomic E-state index is 13.0. The first-order valence-corrected chi connectivity index (χ1v) is 9.53. The molecule has 30 heavy (non-hydrogen) atoms. The number of esters is 1. The van der Waals surface area contributed by atoms with Crippen molar-refractivity contribution in [2.24, 2.45) is 5.73 Å². The SMILES string of the molecule is CCOC(=O)c1ccc(C)cc1-c1ccccc1C(=O)Nc1ccc(C(=N)N)cc1. The lowest BCUT2D eigenvalue weighted by Crippen LogP contribution is -2.15. The fourth-order valence-electron chi connectivity index (χ4n) is 3.12. The largest absolute Gasteiger partial charge is 0.462 e. The highest BCUT2D eigenvalue weighted by molar-refractivity contribution is 6.10. The molecule has 1 amide bonds. The van der Waals surface area contributed by atoms with Crippen LogP contribution in [0.5, 0.6) is 0 Å². The van der Waals surface area contributed by atoms with E-state index in [1.54, 1.807) is 49.4 Å². The Kier molecular flexibility index (Phi) is 6.27. The predicted octanol–water partition coefficient (Wildman–Crippen LogP) is 4.38. The summed E-state index contributed by atoms with van der Waals surface area (Å²) in [6, 6.07) is 19.3. The van der Waals surface area contributed by atoms with Crippen LogP contribution < -0.4 is 11.1 Å². The van der Waals surface area contributed by atoms with Crippen molar-refractivity contribution < 1.29 is 14.3 Å². The molecule has 4 N–H and O–H groups in total. The number of amides is 1. The zero-order valence-corrected chi connectivity index (χ0v) is 16.9. The van der Waals surface area contributed by atoms with Crippen molar-refractivity contribution in [1.82, 2.24) is 0 Å². The normalized spacial score (nSPS) is 10.3. The third kappa shape index (κ3) is 4.55. The van der Waals surface area contributed by atoms with Crippen LogP contribution in [0.15, 0.2) is 66.7 Å². The zero-order valence-electron chi connectivity index (χ0n) is 16.9. The molecule has 0 spiro atoms. The Morgan fingerprint density at radius 1 is 0.967 bits per heavy atom. The highest BCUT2D eigenvalue weighted by Gasteiger charge is 2.19. The van der Waals surface area contributed by atoms with Crippen molar-refractivity contribution >= 4 is 23.4 Å². The van der Waals surface area contributed by atoms with Gasteiger partial charge in [0, 0.05) is 16.8 Å². The molecule has 0 bridgehead atoms. The van der Waals surface area contributed by atoms with Gasteiger partial charge in [-0.25, -0.2) is 4.79 Å². The summed E-state index contributed by atoms with van der Waals surface area (Å²) in [4.78, 5) is 25.5. The van der Waals surface area contributed by atoms with Crippen LogP contribution in [0.1, 0.15) is 38.8 Å². The van der Waals surface area contributed by atoms with Gasteiger partial charge in [-0.05, 0) is 61.4 Å². The van der Waals surface area contributed by atoms with Crippen molar-refractivity contribution in [2.75, 3.05) is 11.9 Å². The highest BCUT2D eigenvalue weighted by Crippen LogP contribution is 2.29. The molecule has 152 valence electrons. The highest BCUT2D eigenvalue weighted by atomic mass is 16.5. The van der Waals surface area contributed by atoms with Crippen LogP contribution in [0.2, 0.25) is 0 Å². The number of nitrogens with two attached hydrogens (primary N) is 1. The van der Waals surface area contributed by atoms with Gasteiger partial charge in [0.25, 0.3) is 5.91 Å². The van der Waals surface area contributed by atoms with E-state index in [4.69, 9.17) is 15.9 Å². The Morgan fingerprint density at radius 2 is 1.67 bits per heavy atom. The number of nitrogen functional groups attached to an aromatic ring is 1. The molecule has 0 unspecified atom stereocenters. The standard InChI is InChI=1S/C24H23N3O3/c1-3-30-24(29)20-13-8-15(2)14-21(20)18-6-4-5-7-19(18)23(28)27-17-11-9-16(10-12-17)22(25)26/h4-14H,3H2,1-2H3,(H3,25,26)(H,27,28). The summed E-state index contributed by atoms with van der Waals surface area (Å²) < 4.78 is 5.19. The van der Waals surface area contributed by atoms with Gasteiger partial charge >= 0.3 is 5.97 Å². The van der Waals surface area contributed by atoms with E-state index in [1.165, 1.54) is 0 Å². The monoisotopic (exact) mass is 401 g/mol. The number of amidine groups is 1. The summed E-state index contributed by atoms with van der Waals surface area (Å²) in [5.41, 5.74) is 9.72. The first-order valence-electron chi connectivity index (χ1n) is 9.53. The number of aryl methyl sites for hydroxylation is 1. The number of hydrogen-bond donors (Lipinski definition) is 3. The van der Waals surface area contributed by atoms with Crippen molar-refractivity contribution in [3.8, 4) is 11.1 Å². The quantitative estimate of drug-likeness (QED) is 0.324. The van der Waals surface area contributed by atoms with Crippen molar-refractivity contribution in [2.45, 2.75) is 13.8 Å². The van der Waals surface area contributed by atoms with Crippen molar-refractivity contribution in [1.29, 1.82) is 5.41 Å². The number of hydrogen-bond acceptors (Lipinski definition) is 4. The maximum Gasteiger partial charge on any atom is 0.338 e. The molecule has 6 heteroatoms. The van der Waals surface area contributed by atoms with Gasteiger partial charge in [-0.15, -0.1) is 0 Å². The average Bonchev–Trinajstić information content (AvgIpc) is 2.74. The zero-order chi connectivity index (χ0) is 21.7. The fraction of sp³-hybridized carbons (Fsp3) is 0.125. The minimum absolute atomic E-state index is 0.0378. The van der Waals surface area contributed by atoms with E-state index in [0.717, 1.165) is 5.56 Å². The van der Waals surface area contributed by atoms with E-state index in [2.05, 4.69) is 5.32 Å². The Morgan fingerprint density at radius 3 is 2.33 bits per heavy atom. The molecule has 0 saturated heterocycles. The van der Waals surface area contributed by atoms with E-state index < -0.39 is 5.97 Å². The lowest BCUT2D eigenvalue weighted by molar-refractivity contribution is 0.0527. The Bertz CT molecular complexity index is 1100. The van der Waals surface area contributed by atoms with E-state index >= 15 is 0 Å². The molecule has 0 fully saturated rings. The van der Waals surface area contributed by atoms with Gasteiger partial charge < -0.3 is 15.8 Å². The lowest BCUT2D eigenvalue weighted by atomic mass is 9.93. The van der Waals surface area contributed by atoms with Gasteiger partial charge in [0.1, 0.15) is 5.84 Å². The van der Waals surface area contributed by atoms with Gasteiger partial charge in [0.2, 0.25) is 0 Å². The molecule has 0 aromatic heterocycles. The summed E-state index contributed by atoms with van der Waals surface area (Å²) in [7, 11) is 0. The molecular formula is C24H23N3O3. The van der Waals surface area contributed by atoms with Gasteiger partial charge in [0.05, 0.1) is 12.2 Å². The van der Waals surface area contributed by atoms with E-state index in [0.29, 0.717) is 33.5 Å². The van der Waals surface area contributed by atoms with Crippen molar-refractivity contribution in [3.05, 3.63) is 89.0 Å². The van der Waals surface area contributed by atoms with Crippen molar-refractivity contribution in [3.63, 3.8) is 0 Å². The van der Waals surface area contributed by atoms with Crippen LogP contribution in [0, 0.1) is 12.3 Å². The Labute approximate surface area is 175 Å². The summed E-state index contributed by atoms with van der Waals surface area (Å²) >= 11 is 0. The number of carbonyl (C=O) groups excluding carboxylic acids is 2. The molecule has 6 nitrogen and oxygen atoms in total. The summed E-state index contributed by atoms with van der Waals surface area (Å²) in [5.74, 6) is -0.774. The molecule has 0 aliphatic rings. The van der Waals surface area contributed by atoms with Crippen LogP contribution in [0.4, 0.5) is 5.69 Å². The average molecular weight is 401 g/mol. The number of carbonyl (C=O) groups is 2. The molecule has 3 aromatic rings. The van der Waals surface area contributed by atoms with Gasteiger partial charge in [-0.3, -0.25) is 10.2 Å². The number of rotatable bonds is 6. The molecular weight excluding hydrogens is 378 g/mol. The van der Waals surface area contributed by atoms with Crippen LogP contribution >= 0.6 is 0 Å². The molecule has 0 aliphatic heterocycles. The third-order valence-corrected chi connectivity index (χ3v) is 4.59. The predicted molar refractivity (Wildman–Crippen MR) is 118 cm³/mol. The van der Waals surface area contributed by atoms with Crippen LogP contribution in [0.3, 0.4) is 0 Å². The Balaban J connectivity index is 1.99. The first-order chi connectivity index (χ1) is 14.4. The minimum Gasteiger partial charge on any atom is -0.462 e. The number of ether oxygens (including phenoxy) is 1. The van der Waals surface area contributed by atoms with Gasteiger partial charge in [-0.1, -0.05) is 35.9 Å². The first kappa shape index (κ1) is 20.8. The number of nitrogens with one attached hydrogen (secondary N) is 2. The number of benzene rings is 3. The lowest BCUT2D eigenvalue weighted by Gasteiger charge is -2.14. The molecule has 0 radical (unpaired) electrons. The fourth-order valence-corrected chi connectivity index (χ4v) is 3.12. The molecule has 3 aromatic carbocycles. The van der Waals surface area contributed by atoms with Crippen LogP contribution in [0.25, 0.3) is 11.1 Å². The van der Waals surface area contributed by atoms with Gasteiger partial charge in [-0.2, -0.15) is 0 Å². The maximum atomic E-state index is 13.0. The molecule has 0 aliphatic carbocycles. The van der Waals surface area contributed by atoms with E-state index in [-0.39, 0.29) is 18.3 Å². The second-order valence-electron chi connectivity index (χ2n) is 6.76. The van der Waals surface area contributed by atoms with Crippen LogP contribution in [-0.2, 0) is 4.74 Å². The van der Waals surface area contributed by atoms with E-state index in [9.17, 15) is 9.59 Å². The van der Waals surface area contributed by atoms with Gasteiger partial charge in [0.15, 0.2) is 0 Å². The molecule has 0 atom stereocenters. The summed E-state index contributed by atoms with van der Waals surface area (Å²) in [6.07, 6.45) is 0. The second kappa shape index (κ2) is 9.05. The summed E-state index contributed by atoms with van der Waals surface area (Å²) in [5, 5.41) is 10.3. The second-order valence-corrected chi connectivity index (χ2v) is 6.76. The number of anilines is 1. The minimum atomic E-state index is -0.428.